The maximum atomic E-state index is 14.4. The van der Waals surface area contributed by atoms with Crippen molar-refractivity contribution in [2.75, 3.05) is 20.2 Å². The number of halogens is 6. The fraction of sp³-hybridized carbons (Fsp3) is 0.273. The summed E-state index contributed by atoms with van der Waals surface area (Å²) in [7, 11) is 1.38. The van der Waals surface area contributed by atoms with Gasteiger partial charge in [0.05, 0.1) is 47.3 Å². The molecular weight excluding hydrogens is 661 g/mol. The lowest BCUT2D eigenvalue weighted by Gasteiger charge is -2.16. The van der Waals surface area contributed by atoms with E-state index in [1.165, 1.54) is 40.5 Å². The third-order valence-corrected chi connectivity index (χ3v) is 7.82. The summed E-state index contributed by atoms with van der Waals surface area (Å²) in [6, 6.07) is 9.69. The highest BCUT2D eigenvalue weighted by Crippen LogP contribution is 2.36. The van der Waals surface area contributed by atoms with Gasteiger partial charge >= 0.3 is 0 Å². The molecule has 0 bridgehead atoms. The van der Waals surface area contributed by atoms with E-state index in [0.717, 1.165) is 56.6 Å². The van der Waals surface area contributed by atoms with Crippen LogP contribution in [0.1, 0.15) is 26.7 Å². The number of ether oxygens (including phenoxy) is 1. The maximum absolute atomic E-state index is 14.4. The van der Waals surface area contributed by atoms with Crippen LogP contribution in [0.3, 0.4) is 0 Å². The van der Waals surface area contributed by atoms with Crippen LogP contribution in [0.25, 0.3) is 22.5 Å². The van der Waals surface area contributed by atoms with Crippen molar-refractivity contribution in [3.05, 3.63) is 103 Å². The Kier molecular flexibility index (Phi) is 12.0. The van der Waals surface area contributed by atoms with Crippen molar-refractivity contribution < 1.29 is 22.3 Å². The summed E-state index contributed by atoms with van der Waals surface area (Å²) in [5, 5.41) is -0.124. The van der Waals surface area contributed by atoms with Crippen molar-refractivity contribution in [1.82, 2.24) is 14.0 Å². The number of aliphatic imine (C=N–C) groups is 2. The molecule has 8 nitrogen and oxygen atoms in total. The third kappa shape index (κ3) is 7.77. The van der Waals surface area contributed by atoms with Gasteiger partial charge in [0.15, 0.2) is 6.40 Å². The SMILES string of the molecule is CCn1c(-c2c(F)cccc2F)c(N=CN2CCCC2)cc(Cl)c1=O.CCn1c(-c2c(F)cccc2F)c(N=COC)cc(Cl)c1=O. The largest absolute Gasteiger partial charge is 0.486 e. The topological polar surface area (TPSA) is 81.2 Å². The molecule has 1 fully saturated rings. The van der Waals surface area contributed by atoms with Crippen molar-refractivity contribution in [1.29, 1.82) is 0 Å². The molecule has 2 aromatic carbocycles. The second-order valence-corrected chi connectivity index (χ2v) is 11.0. The van der Waals surface area contributed by atoms with Crippen LogP contribution in [0, 0.1) is 23.3 Å². The third-order valence-electron chi connectivity index (χ3n) is 7.28. The first-order valence-corrected chi connectivity index (χ1v) is 15.4. The van der Waals surface area contributed by atoms with E-state index in [2.05, 4.69) is 9.98 Å². The molecule has 0 unspecified atom stereocenters. The Morgan fingerprint density at radius 2 is 1.15 bits per heavy atom. The van der Waals surface area contributed by atoms with Crippen molar-refractivity contribution in [3.8, 4) is 22.5 Å². The average molecular weight is 693 g/mol. The summed E-state index contributed by atoms with van der Waals surface area (Å²) >= 11 is 11.9. The second-order valence-electron chi connectivity index (χ2n) is 10.2. The van der Waals surface area contributed by atoms with E-state index in [0.29, 0.717) is 0 Å². The molecule has 1 saturated heterocycles. The van der Waals surface area contributed by atoms with E-state index in [1.54, 1.807) is 20.2 Å². The molecule has 0 amide bonds. The number of likely N-dealkylation sites (tertiary alicyclic amines) is 1. The van der Waals surface area contributed by atoms with E-state index in [4.69, 9.17) is 27.9 Å². The van der Waals surface area contributed by atoms with E-state index >= 15 is 0 Å². The number of nitrogens with zero attached hydrogens (tertiary/aromatic N) is 5. The highest BCUT2D eigenvalue weighted by molar-refractivity contribution is 6.31. The minimum atomic E-state index is -0.794. The van der Waals surface area contributed by atoms with Crippen molar-refractivity contribution in [3.63, 3.8) is 0 Å². The molecule has 4 aromatic rings. The van der Waals surface area contributed by atoms with Gasteiger partial charge in [-0.2, -0.15) is 0 Å². The molecule has 0 spiro atoms. The van der Waals surface area contributed by atoms with Gasteiger partial charge < -0.3 is 18.8 Å². The van der Waals surface area contributed by atoms with Crippen molar-refractivity contribution in [2.24, 2.45) is 9.98 Å². The Morgan fingerprint density at radius 3 is 1.53 bits per heavy atom. The number of methoxy groups -OCH3 is 1. The normalized spacial score (nSPS) is 13.0. The van der Waals surface area contributed by atoms with Crippen molar-refractivity contribution >= 4 is 47.3 Å². The Morgan fingerprint density at radius 1 is 0.745 bits per heavy atom. The zero-order valence-corrected chi connectivity index (χ0v) is 27.3. The lowest BCUT2D eigenvalue weighted by Crippen LogP contribution is -2.22. The molecule has 1 aliphatic rings. The number of benzene rings is 2. The maximum Gasteiger partial charge on any atom is 0.269 e. The Hall–Kier alpha value is -4.42. The van der Waals surface area contributed by atoms with Gasteiger partial charge in [-0.05, 0) is 63.1 Å². The molecule has 0 atom stereocenters. The zero-order chi connectivity index (χ0) is 34.2. The molecule has 2 aromatic heterocycles. The van der Waals surface area contributed by atoms with Gasteiger partial charge in [0, 0.05) is 26.2 Å². The molecule has 47 heavy (non-hydrogen) atoms. The summed E-state index contributed by atoms with van der Waals surface area (Å²) in [6.07, 6.45) is 4.90. The standard InChI is InChI=1S/C18H18ClF2N3O.C15H13ClF2N2O2/c1-2-24-17(16-13(20)6-5-7-14(16)21)15(10-12(19)18(24)25)22-11-23-8-3-4-9-23;1-3-20-14(13-10(17)5-4-6-11(13)18)12(19-8-22-2)7-9(16)15(20)21/h5-7,10-11H,2-4,8-9H2,1H3;4-8H,3H2,1-2H3. The van der Waals surface area contributed by atoms with Crippen LogP contribution in [0.4, 0.5) is 28.9 Å². The molecule has 3 heterocycles. The average Bonchev–Trinajstić information content (AvgIpc) is 3.57. The van der Waals surface area contributed by atoms with E-state index in [9.17, 15) is 27.2 Å². The molecule has 248 valence electrons. The van der Waals surface area contributed by atoms with E-state index in [-0.39, 0.29) is 57.0 Å². The highest BCUT2D eigenvalue weighted by atomic mass is 35.5. The van der Waals surface area contributed by atoms with Crippen LogP contribution in [0.5, 0.6) is 0 Å². The fourth-order valence-corrected chi connectivity index (χ4v) is 5.53. The number of aromatic nitrogens is 2. The van der Waals surface area contributed by atoms with Gasteiger partial charge in [-0.1, -0.05) is 35.3 Å². The number of hydrogen-bond donors (Lipinski definition) is 0. The van der Waals surface area contributed by atoms with Gasteiger partial charge in [-0.15, -0.1) is 0 Å². The van der Waals surface area contributed by atoms with Crippen LogP contribution in [0.2, 0.25) is 10.0 Å². The number of hydrogen-bond acceptors (Lipinski definition) is 5. The van der Waals surface area contributed by atoms with Gasteiger partial charge in [-0.3, -0.25) is 9.59 Å². The smallest absolute Gasteiger partial charge is 0.269 e. The molecule has 0 aliphatic carbocycles. The summed E-state index contributed by atoms with van der Waals surface area (Å²) < 4.78 is 64.1. The first-order valence-electron chi connectivity index (χ1n) is 14.6. The molecular formula is C33H31Cl2F4N5O3. The first kappa shape index (κ1) is 35.4. The minimum absolute atomic E-state index is 0.0146. The van der Waals surface area contributed by atoms with Crippen LogP contribution in [-0.2, 0) is 17.8 Å². The molecule has 1 aliphatic heterocycles. The predicted octanol–water partition coefficient (Wildman–Crippen LogP) is 8.00. The number of pyridine rings is 2. The van der Waals surface area contributed by atoms with Gasteiger partial charge in [0.25, 0.3) is 11.1 Å². The first-order chi connectivity index (χ1) is 22.5. The fourth-order valence-electron chi connectivity index (χ4n) is 5.12. The van der Waals surface area contributed by atoms with Gasteiger partial charge in [-0.25, -0.2) is 27.5 Å². The van der Waals surface area contributed by atoms with E-state index < -0.39 is 34.4 Å². The highest BCUT2D eigenvalue weighted by Gasteiger charge is 2.22. The summed E-state index contributed by atoms with van der Waals surface area (Å²) in [5.74, 6) is -3.08. The molecule has 5 rings (SSSR count). The minimum Gasteiger partial charge on any atom is -0.486 e. The lowest BCUT2D eigenvalue weighted by molar-refractivity contribution is 0.423. The Labute approximate surface area is 278 Å². The second kappa shape index (κ2) is 15.9. The monoisotopic (exact) mass is 691 g/mol. The number of rotatable bonds is 8. The molecule has 0 saturated carbocycles. The lowest BCUT2D eigenvalue weighted by atomic mass is 10.1. The van der Waals surface area contributed by atoms with Crippen molar-refractivity contribution in [2.45, 2.75) is 39.8 Å². The summed E-state index contributed by atoms with van der Waals surface area (Å²) in [5.41, 5.74) is -1.13. The van der Waals surface area contributed by atoms with Gasteiger partial charge in [0.1, 0.15) is 33.3 Å². The predicted molar refractivity (Wildman–Crippen MR) is 178 cm³/mol. The van der Waals surface area contributed by atoms with Crippen LogP contribution >= 0.6 is 23.2 Å². The molecule has 0 radical (unpaired) electrons. The Balaban J connectivity index is 0.000000215. The quantitative estimate of drug-likeness (QED) is 0.107. The Bertz CT molecular complexity index is 1900. The summed E-state index contributed by atoms with van der Waals surface area (Å²) in [6.45, 7) is 5.55. The van der Waals surface area contributed by atoms with Gasteiger partial charge in [0.2, 0.25) is 0 Å². The molecule has 14 heteroatoms. The van der Waals surface area contributed by atoms with Crippen LogP contribution in [0.15, 0.2) is 68.1 Å². The zero-order valence-electron chi connectivity index (χ0n) is 25.7. The van der Waals surface area contributed by atoms with Crippen LogP contribution < -0.4 is 11.1 Å². The van der Waals surface area contributed by atoms with E-state index in [1.807, 2.05) is 4.90 Å². The van der Waals surface area contributed by atoms with Crippen LogP contribution in [-0.4, -0.2) is 47.0 Å². The summed E-state index contributed by atoms with van der Waals surface area (Å²) in [4.78, 5) is 34.9. The molecule has 0 N–H and O–H groups in total.